The van der Waals surface area contributed by atoms with Gasteiger partial charge in [-0.3, -0.25) is 0 Å². The second-order valence-electron chi connectivity index (χ2n) is 4.67. The number of rotatable bonds is 4. The molecule has 1 atom stereocenters. The van der Waals surface area contributed by atoms with E-state index >= 15 is 0 Å². The van der Waals surface area contributed by atoms with Crippen molar-refractivity contribution in [3.8, 4) is 0 Å². The number of fused-ring (bicyclic) bond motifs is 1. The first kappa shape index (κ1) is 12.3. The summed E-state index contributed by atoms with van der Waals surface area (Å²) in [6.07, 6.45) is 0.873. The van der Waals surface area contributed by atoms with E-state index in [2.05, 4.69) is 20.5 Å². The Morgan fingerprint density at radius 3 is 2.89 bits per heavy atom. The van der Waals surface area contributed by atoms with Crippen molar-refractivity contribution >= 4 is 17.0 Å². The number of nitrogens with one attached hydrogen (secondary N) is 1. The van der Waals surface area contributed by atoms with Crippen molar-refractivity contribution in [3.63, 3.8) is 0 Å². The summed E-state index contributed by atoms with van der Waals surface area (Å²) in [6.45, 7) is 1.94. The van der Waals surface area contributed by atoms with E-state index in [4.69, 9.17) is 9.47 Å². The second kappa shape index (κ2) is 5.07. The number of nitrogens with zero attached hydrogens (tertiary/aromatic N) is 3. The zero-order valence-corrected chi connectivity index (χ0v) is 10.8. The quantitative estimate of drug-likeness (QED) is 0.892. The molecule has 19 heavy (non-hydrogen) atoms. The van der Waals surface area contributed by atoms with Gasteiger partial charge in [-0.15, -0.1) is 10.2 Å². The summed E-state index contributed by atoms with van der Waals surface area (Å²) >= 11 is 0. The van der Waals surface area contributed by atoms with Crippen LogP contribution in [-0.4, -0.2) is 47.7 Å². The van der Waals surface area contributed by atoms with E-state index in [1.54, 1.807) is 7.11 Å². The summed E-state index contributed by atoms with van der Waals surface area (Å²) in [5.74, 6) is 0.516. The van der Waals surface area contributed by atoms with Crippen LogP contribution >= 0.6 is 0 Å². The molecule has 1 aliphatic rings. The highest BCUT2D eigenvalue weighted by atomic mass is 16.5. The highest BCUT2D eigenvalue weighted by Gasteiger charge is 2.34. The van der Waals surface area contributed by atoms with Gasteiger partial charge in [-0.25, -0.2) is 4.98 Å². The standard InChI is InChI=1S/C13H16N4O2/c1-18-13(6-7-19-9-13)8-14-12-15-10-4-2-3-5-11(10)16-17-12/h2-5H,6-9H2,1H3,(H,14,15,17). The van der Waals surface area contributed by atoms with Gasteiger partial charge in [-0.1, -0.05) is 12.1 Å². The molecule has 1 unspecified atom stereocenters. The summed E-state index contributed by atoms with van der Waals surface area (Å²) < 4.78 is 10.9. The van der Waals surface area contributed by atoms with Crippen LogP contribution in [-0.2, 0) is 9.47 Å². The van der Waals surface area contributed by atoms with Gasteiger partial charge in [0.25, 0.3) is 0 Å². The SMILES string of the molecule is COC1(CNc2nnc3ccccc3n2)CCOC1. The Morgan fingerprint density at radius 2 is 2.16 bits per heavy atom. The van der Waals surface area contributed by atoms with Crippen molar-refractivity contribution in [2.24, 2.45) is 0 Å². The van der Waals surface area contributed by atoms with Gasteiger partial charge in [0.15, 0.2) is 0 Å². The maximum Gasteiger partial charge on any atom is 0.243 e. The Bertz CT molecular complexity index is 569. The van der Waals surface area contributed by atoms with E-state index in [0.717, 1.165) is 24.1 Å². The molecule has 2 heterocycles. The molecule has 0 amide bonds. The van der Waals surface area contributed by atoms with Crippen molar-refractivity contribution in [1.82, 2.24) is 15.2 Å². The molecular weight excluding hydrogens is 244 g/mol. The number of ether oxygens (including phenoxy) is 2. The predicted octanol–water partition coefficient (Wildman–Crippen LogP) is 1.24. The largest absolute Gasteiger partial charge is 0.378 e. The minimum atomic E-state index is -0.283. The van der Waals surface area contributed by atoms with Crippen molar-refractivity contribution < 1.29 is 9.47 Å². The number of benzene rings is 1. The van der Waals surface area contributed by atoms with Gasteiger partial charge in [0.2, 0.25) is 5.95 Å². The Morgan fingerprint density at radius 1 is 1.32 bits per heavy atom. The lowest BCUT2D eigenvalue weighted by atomic mass is 10.0. The summed E-state index contributed by atoms with van der Waals surface area (Å²) in [5, 5.41) is 11.4. The minimum absolute atomic E-state index is 0.283. The first-order valence-electron chi connectivity index (χ1n) is 6.28. The minimum Gasteiger partial charge on any atom is -0.378 e. The molecule has 1 fully saturated rings. The van der Waals surface area contributed by atoms with Crippen molar-refractivity contribution in [2.45, 2.75) is 12.0 Å². The predicted molar refractivity (Wildman–Crippen MR) is 71.0 cm³/mol. The molecule has 0 saturated carbocycles. The average molecular weight is 260 g/mol. The van der Waals surface area contributed by atoms with Gasteiger partial charge < -0.3 is 14.8 Å². The van der Waals surface area contributed by atoms with Gasteiger partial charge in [0.1, 0.15) is 11.1 Å². The molecular formula is C13H16N4O2. The number of methoxy groups -OCH3 is 1. The fourth-order valence-electron chi connectivity index (χ4n) is 2.16. The monoisotopic (exact) mass is 260 g/mol. The van der Waals surface area contributed by atoms with E-state index in [0.29, 0.717) is 19.1 Å². The molecule has 0 bridgehead atoms. The molecule has 2 aromatic rings. The van der Waals surface area contributed by atoms with Crippen LogP contribution in [0, 0.1) is 0 Å². The highest BCUT2D eigenvalue weighted by molar-refractivity contribution is 5.74. The Hall–Kier alpha value is -1.79. The lowest BCUT2D eigenvalue weighted by molar-refractivity contribution is -0.00631. The summed E-state index contributed by atoms with van der Waals surface area (Å²) in [7, 11) is 1.70. The fraction of sp³-hybridized carbons (Fsp3) is 0.462. The lowest BCUT2D eigenvalue weighted by Crippen LogP contribution is -2.39. The fourth-order valence-corrected chi connectivity index (χ4v) is 2.16. The van der Waals surface area contributed by atoms with Crippen LogP contribution in [0.1, 0.15) is 6.42 Å². The zero-order chi connectivity index (χ0) is 13.1. The third-order valence-corrected chi connectivity index (χ3v) is 3.43. The van der Waals surface area contributed by atoms with Crippen molar-refractivity contribution in [1.29, 1.82) is 0 Å². The number of para-hydroxylation sites is 1. The molecule has 0 aliphatic carbocycles. The third-order valence-electron chi connectivity index (χ3n) is 3.43. The second-order valence-corrected chi connectivity index (χ2v) is 4.67. The van der Waals surface area contributed by atoms with Gasteiger partial charge in [-0.05, 0) is 12.1 Å². The molecule has 6 heteroatoms. The van der Waals surface area contributed by atoms with Gasteiger partial charge in [-0.2, -0.15) is 0 Å². The summed E-state index contributed by atoms with van der Waals surface area (Å²) in [5.41, 5.74) is 1.34. The topological polar surface area (TPSA) is 69.2 Å². The first-order valence-corrected chi connectivity index (χ1v) is 6.28. The third kappa shape index (κ3) is 2.50. The van der Waals surface area contributed by atoms with Crippen LogP contribution < -0.4 is 5.32 Å². The Labute approximate surface area is 111 Å². The summed E-state index contributed by atoms with van der Waals surface area (Å²) in [6, 6.07) is 7.66. The number of hydrogen-bond donors (Lipinski definition) is 1. The maximum atomic E-state index is 5.54. The first-order chi connectivity index (χ1) is 9.31. The van der Waals surface area contributed by atoms with Crippen LogP contribution in [0.5, 0.6) is 0 Å². The van der Waals surface area contributed by atoms with Crippen molar-refractivity contribution in [2.75, 3.05) is 32.2 Å². The molecule has 0 spiro atoms. The Balaban J connectivity index is 1.74. The van der Waals surface area contributed by atoms with Crippen LogP contribution in [0.15, 0.2) is 24.3 Å². The molecule has 1 aromatic carbocycles. The van der Waals surface area contributed by atoms with Crippen molar-refractivity contribution in [3.05, 3.63) is 24.3 Å². The van der Waals surface area contributed by atoms with E-state index in [1.165, 1.54) is 0 Å². The molecule has 1 aromatic heterocycles. The molecule has 1 aliphatic heterocycles. The molecule has 3 rings (SSSR count). The number of aromatic nitrogens is 3. The van der Waals surface area contributed by atoms with Gasteiger partial charge in [0.05, 0.1) is 12.1 Å². The highest BCUT2D eigenvalue weighted by Crippen LogP contribution is 2.22. The number of anilines is 1. The van der Waals surface area contributed by atoms with Crippen LogP contribution in [0.4, 0.5) is 5.95 Å². The van der Waals surface area contributed by atoms with Crippen LogP contribution in [0.2, 0.25) is 0 Å². The van der Waals surface area contributed by atoms with E-state index in [9.17, 15) is 0 Å². The lowest BCUT2D eigenvalue weighted by Gasteiger charge is -2.25. The van der Waals surface area contributed by atoms with Gasteiger partial charge >= 0.3 is 0 Å². The van der Waals surface area contributed by atoms with Crippen LogP contribution in [0.3, 0.4) is 0 Å². The van der Waals surface area contributed by atoms with E-state index in [-0.39, 0.29) is 5.60 Å². The molecule has 100 valence electrons. The van der Waals surface area contributed by atoms with E-state index < -0.39 is 0 Å². The molecule has 1 saturated heterocycles. The smallest absolute Gasteiger partial charge is 0.243 e. The maximum absolute atomic E-state index is 5.54. The molecule has 1 N–H and O–H groups in total. The average Bonchev–Trinajstić information content (AvgIpc) is 2.94. The van der Waals surface area contributed by atoms with E-state index in [1.807, 2.05) is 24.3 Å². The Kier molecular flexibility index (Phi) is 3.27. The number of hydrogen-bond acceptors (Lipinski definition) is 6. The van der Waals surface area contributed by atoms with Gasteiger partial charge in [0, 0.05) is 26.7 Å². The normalized spacial score (nSPS) is 22.8. The zero-order valence-electron chi connectivity index (χ0n) is 10.8. The molecule has 6 nitrogen and oxygen atoms in total. The van der Waals surface area contributed by atoms with Crippen LogP contribution in [0.25, 0.3) is 11.0 Å². The molecule has 0 radical (unpaired) electrons. The summed E-state index contributed by atoms with van der Waals surface area (Å²) in [4.78, 5) is 4.42.